The molecule has 0 aromatic heterocycles. The first-order valence-electron chi connectivity index (χ1n) is 2.78. The van der Waals surface area contributed by atoms with Crippen molar-refractivity contribution in [1.82, 2.24) is 0 Å². The van der Waals surface area contributed by atoms with E-state index in [0.717, 1.165) is 5.75 Å². The Morgan fingerprint density at radius 2 is 2.38 bits per heavy atom. The molecule has 0 rings (SSSR count). The number of nitrogens with two attached hydrogens (primary N) is 2. The summed E-state index contributed by atoms with van der Waals surface area (Å²) in [5, 5.41) is 5.68. The zero-order chi connectivity index (χ0) is 6.41. The first kappa shape index (κ1) is 7.82. The van der Waals surface area contributed by atoms with Crippen LogP contribution in [0.25, 0.3) is 0 Å². The predicted octanol–water partition coefficient (Wildman–Crippen LogP) is -0.406. The van der Waals surface area contributed by atoms with Crippen LogP contribution in [0.4, 0.5) is 0 Å². The molecule has 0 aliphatic heterocycles. The van der Waals surface area contributed by atoms with Crippen molar-refractivity contribution < 1.29 is 5.41 Å². The van der Waals surface area contributed by atoms with Gasteiger partial charge in [-0.1, -0.05) is 13.3 Å². The highest BCUT2D eigenvalue weighted by Gasteiger charge is 1.92. The third-order valence-corrected chi connectivity index (χ3v) is 1.59. The van der Waals surface area contributed by atoms with Crippen LogP contribution in [-0.4, -0.2) is 10.9 Å². The van der Waals surface area contributed by atoms with E-state index in [4.69, 9.17) is 11.1 Å². The van der Waals surface area contributed by atoms with E-state index in [1.807, 2.05) is 0 Å². The summed E-state index contributed by atoms with van der Waals surface area (Å²) >= 11 is 1.53. The standard InChI is InChI=1S/C5H12N2S/c1-2-3-4-8-5(6)7/h2-4H2,1H3,(H3,6,7)/p+1. The van der Waals surface area contributed by atoms with Crippen LogP contribution in [0, 0.1) is 0 Å². The second-order valence-corrected chi connectivity index (χ2v) is 2.77. The lowest BCUT2D eigenvalue weighted by Crippen LogP contribution is -2.43. The van der Waals surface area contributed by atoms with Gasteiger partial charge in [0.1, 0.15) is 0 Å². The molecule has 0 aliphatic carbocycles. The topological polar surface area (TPSA) is 51.6 Å². The zero-order valence-corrected chi connectivity index (χ0v) is 6.00. The fourth-order valence-electron chi connectivity index (χ4n) is 0.334. The van der Waals surface area contributed by atoms with E-state index in [1.54, 1.807) is 0 Å². The van der Waals surface area contributed by atoms with Gasteiger partial charge in [0.25, 0.3) is 5.17 Å². The molecule has 48 valence electrons. The molecule has 0 aromatic carbocycles. The molecule has 0 bridgehead atoms. The molecule has 0 saturated heterocycles. The van der Waals surface area contributed by atoms with Crippen molar-refractivity contribution in [3.63, 3.8) is 0 Å². The largest absolute Gasteiger partial charge is 0.299 e. The summed E-state index contributed by atoms with van der Waals surface area (Å²) in [6.45, 7) is 2.15. The molecule has 0 radical (unpaired) electrons. The first-order chi connectivity index (χ1) is 3.77. The van der Waals surface area contributed by atoms with E-state index in [0.29, 0.717) is 5.17 Å². The number of amidine groups is 1. The average Bonchev–Trinajstić information content (AvgIpc) is 1.66. The summed E-state index contributed by atoms with van der Waals surface area (Å²) in [6, 6.07) is 0. The third kappa shape index (κ3) is 5.82. The van der Waals surface area contributed by atoms with Crippen LogP contribution >= 0.6 is 11.8 Å². The van der Waals surface area contributed by atoms with Gasteiger partial charge in [-0.05, 0) is 18.2 Å². The number of hydrogen-bond acceptors (Lipinski definition) is 1. The molecule has 0 aromatic rings. The van der Waals surface area contributed by atoms with Gasteiger partial charge in [0.15, 0.2) is 0 Å². The van der Waals surface area contributed by atoms with Crippen LogP contribution < -0.4 is 11.1 Å². The Kier molecular flexibility index (Phi) is 4.85. The summed E-state index contributed by atoms with van der Waals surface area (Å²) in [5.74, 6) is 1.05. The van der Waals surface area contributed by atoms with Crippen LogP contribution in [0.15, 0.2) is 0 Å². The highest BCUT2D eigenvalue weighted by atomic mass is 32.2. The Morgan fingerprint density at radius 1 is 1.75 bits per heavy atom. The normalized spacial score (nSPS) is 9.12. The molecular formula is C5H13N2S+. The fourth-order valence-corrected chi connectivity index (χ4v) is 1.00. The van der Waals surface area contributed by atoms with Gasteiger partial charge < -0.3 is 0 Å². The predicted molar refractivity (Wildman–Crippen MR) is 38.5 cm³/mol. The van der Waals surface area contributed by atoms with E-state index in [-0.39, 0.29) is 0 Å². The highest BCUT2D eigenvalue weighted by Crippen LogP contribution is 1.99. The molecule has 8 heavy (non-hydrogen) atoms. The van der Waals surface area contributed by atoms with Crippen molar-refractivity contribution in [3.05, 3.63) is 0 Å². The van der Waals surface area contributed by atoms with Crippen LogP contribution in [0.1, 0.15) is 19.8 Å². The minimum Gasteiger partial charge on any atom is -0.282 e. The second kappa shape index (κ2) is 4.97. The molecule has 3 heteroatoms. The Bertz CT molecular complexity index is 72.8. The lowest BCUT2D eigenvalue weighted by Gasteiger charge is -1.89. The summed E-state index contributed by atoms with van der Waals surface area (Å²) in [5.41, 5.74) is 5.19. The zero-order valence-electron chi connectivity index (χ0n) is 5.18. The highest BCUT2D eigenvalue weighted by molar-refractivity contribution is 8.13. The van der Waals surface area contributed by atoms with Gasteiger partial charge in [0.2, 0.25) is 0 Å². The maximum absolute atomic E-state index is 5.19. The van der Waals surface area contributed by atoms with Crippen molar-refractivity contribution in [1.29, 1.82) is 0 Å². The van der Waals surface area contributed by atoms with Crippen LogP contribution in [0.3, 0.4) is 0 Å². The van der Waals surface area contributed by atoms with Crippen molar-refractivity contribution >= 4 is 16.9 Å². The molecule has 0 heterocycles. The van der Waals surface area contributed by atoms with Crippen molar-refractivity contribution in [3.8, 4) is 0 Å². The quantitative estimate of drug-likeness (QED) is 0.312. The van der Waals surface area contributed by atoms with E-state index >= 15 is 0 Å². The van der Waals surface area contributed by atoms with Gasteiger partial charge in [-0.2, -0.15) is 0 Å². The third-order valence-electron chi connectivity index (χ3n) is 0.767. The molecule has 4 N–H and O–H groups in total. The second-order valence-electron chi connectivity index (χ2n) is 1.60. The van der Waals surface area contributed by atoms with Crippen molar-refractivity contribution in [2.75, 3.05) is 5.75 Å². The van der Waals surface area contributed by atoms with Gasteiger partial charge >= 0.3 is 0 Å². The SMILES string of the molecule is CCCCSC(N)=[NH2+]. The molecular weight excluding hydrogens is 120 g/mol. The van der Waals surface area contributed by atoms with E-state index in [9.17, 15) is 0 Å². The van der Waals surface area contributed by atoms with E-state index in [2.05, 4.69) is 6.92 Å². The number of unbranched alkanes of at least 4 members (excludes halogenated alkanes) is 1. The summed E-state index contributed by atoms with van der Waals surface area (Å²) in [6.07, 6.45) is 2.41. The van der Waals surface area contributed by atoms with Crippen LogP contribution in [0.5, 0.6) is 0 Å². The monoisotopic (exact) mass is 133 g/mol. The minimum atomic E-state index is 0.485. The van der Waals surface area contributed by atoms with Crippen LogP contribution in [-0.2, 0) is 0 Å². The fraction of sp³-hybridized carbons (Fsp3) is 0.800. The van der Waals surface area contributed by atoms with Gasteiger partial charge in [-0.3, -0.25) is 11.1 Å². The number of rotatable bonds is 3. The molecule has 0 fully saturated rings. The van der Waals surface area contributed by atoms with E-state index in [1.165, 1.54) is 24.6 Å². The molecule has 2 nitrogen and oxygen atoms in total. The first-order valence-corrected chi connectivity index (χ1v) is 3.76. The van der Waals surface area contributed by atoms with Gasteiger partial charge in [-0.15, -0.1) is 0 Å². The lowest BCUT2D eigenvalue weighted by atomic mass is 10.4. The Morgan fingerprint density at radius 3 is 2.75 bits per heavy atom. The van der Waals surface area contributed by atoms with Crippen molar-refractivity contribution in [2.45, 2.75) is 19.8 Å². The van der Waals surface area contributed by atoms with Crippen molar-refractivity contribution in [2.24, 2.45) is 5.73 Å². The maximum Gasteiger partial charge on any atom is 0.299 e. The van der Waals surface area contributed by atoms with Gasteiger partial charge in [0.05, 0.1) is 0 Å². The summed E-state index contributed by atoms with van der Waals surface area (Å²) < 4.78 is 0. The smallest absolute Gasteiger partial charge is 0.282 e. The van der Waals surface area contributed by atoms with Crippen LogP contribution in [0.2, 0.25) is 0 Å². The average molecular weight is 133 g/mol. The Hall–Kier alpha value is -0.180. The Labute approximate surface area is 54.3 Å². The van der Waals surface area contributed by atoms with E-state index < -0.39 is 0 Å². The molecule has 0 unspecified atom stereocenters. The number of thioether (sulfide) groups is 1. The van der Waals surface area contributed by atoms with Gasteiger partial charge in [-0.25, -0.2) is 0 Å². The maximum atomic E-state index is 5.19. The molecule has 0 amide bonds. The molecule has 0 spiro atoms. The number of hydrogen-bond donors (Lipinski definition) is 2. The summed E-state index contributed by atoms with van der Waals surface area (Å²) in [7, 11) is 0. The molecule has 0 aliphatic rings. The molecule has 0 saturated carbocycles. The minimum absolute atomic E-state index is 0.485. The molecule has 0 atom stereocenters. The Balaban J connectivity index is 2.82. The van der Waals surface area contributed by atoms with Gasteiger partial charge in [0, 0.05) is 5.75 Å². The summed E-state index contributed by atoms with van der Waals surface area (Å²) in [4.78, 5) is 0. The lowest BCUT2D eigenvalue weighted by molar-refractivity contribution is -0.110.